The highest BCUT2D eigenvalue weighted by Gasteiger charge is 2.10. The van der Waals surface area contributed by atoms with Crippen LogP contribution in [0.3, 0.4) is 0 Å². The fourth-order valence-electron chi connectivity index (χ4n) is 1.47. The van der Waals surface area contributed by atoms with E-state index in [-0.39, 0.29) is 11.4 Å². The van der Waals surface area contributed by atoms with Crippen LogP contribution in [-0.4, -0.2) is 25.5 Å². The van der Waals surface area contributed by atoms with Gasteiger partial charge in [-0.15, -0.1) is 0 Å². The van der Waals surface area contributed by atoms with Crippen LogP contribution in [0.2, 0.25) is 0 Å². The third kappa shape index (κ3) is 5.04. The molecule has 0 spiro atoms. The fourth-order valence-corrected chi connectivity index (χ4v) is 1.47. The van der Waals surface area contributed by atoms with Crippen LogP contribution in [-0.2, 0) is 4.79 Å². The maximum Gasteiger partial charge on any atom is 0.244 e. The molecule has 3 heteroatoms. The molecule has 0 radical (unpaired) electrons. The summed E-state index contributed by atoms with van der Waals surface area (Å²) >= 11 is 0. The van der Waals surface area contributed by atoms with Crippen LogP contribution < -0.4 is 10.2 Å². The zero-order valence-corrected chi connectivity index (χ0v) is 11.8. The normalized spacial score (nSPS) is 11.6. The minimum atomic E-state index is -0.198. The highest BCUT2D eigenvalue weighted by Crippen LogP contribution is 2.13. The van der Waals surface area contributed by atoms with Gasteiger partial charge in [0.15, 0.2) is 0 Å². The third-order valence-electron chi connectivity index (χ3n) is 2.33. The number of benzene rings is 1. The Bertz CT molecular complexity index is 425. The molecule has 0 aliphatic heterocycles. The van der Waals surface area contributed by atoms with Gasteiger partial charge in [0.25, 0.3) is 0 Å². The fraction of sp³-hybridized carbons (Fsp3) is 0.400. The van der Waals surface area contributed by atoms with Crippen molar-refractivity contribution in [3.8, 4) is 0 Å². The van der Waals surface area contributed by atoms with Crippen LogP contribution in [0, 0.1) is 0 Å². The summed E-state index contributed by atoms with van der Waals surface area (Å²) in [6.45, 7) is 5.89. The van der Waals surface area contributed by atoms with Gasteiger partial charge in [-0.25, -0.2) is 0 Å². The molecule has 0 fully saturated rings. The summed E-state index contributed by atoms with van der Waals surface area (Å²) in [7, 11) is 4.00. The first kappa shape index (κ1) is 14.3. The molecule has 0 aromatic heterocycles. The average Bonchev–Trinajstić information content (AvgIpc) is 2.24. The lowest BCUT2D eigenvalue weighted by atomic mass is 10.1. The Labute approximate surface area is 109 Å². The van der Waals surface area contributed by atoms with Crippen molar-refractivity contribution in [1.82, 2.24) is 5.32 Å². The second kappa shape index (κ2) is 5.71. The summed E-state index contributed by atoms with van der Waals surface area (Å²) in [5.41, 5.74) is 1.96. The lowest BCUT2D eigenvalue weighted by Gasteiger charge is -2.19. The Morgan fingerprint density at radius 1 is 1.17 bits per heavy atom. The molecule has 0 unspecified atom stereocenters. The van der Waals surface area contributed by atoms with Crippen LogP contribution in [0.15, 0.2) is 30.3 Å². The molecule has 0 aliphatic carbocycles. The van der Waals surface area contributed by atoms with Crippen LogP contribution in [0.4, 0.5) is 5.69 Å². The predicted octanol–water partition coefficient (Wildman–Crippen LogP) is 2.68. The molecule has 0 saturated carbocycles. The van der Waals surface area contributed by atoms with E-state index in [1.165, 1.54) is 0 Å². The number of amides is 1. The third-order valence-corrected chi connectivity index (χ3v) is 2.33. The van der Waals surface area contributed by atoms with Gasteiger partial charge < -0.3 is 10.2 Å². The van der Waals surface area contributed by atoms with Crippen molar-refractivity contribution in [3.05, 3.63) is 35.9 Å². The van der Waals surface area contributed by atoms with E-state index in [1.54, 1.807) is 6.08 Å². The number of hydrogen-bond acceptors (Lipinski definition) is 2. The number of hydrogen-bond donors (Lipinski definition) is 1. The summed E-state index contributed by atoms with van der Waals surface area (Å²) in [4.78, 5) is 13.6. The average molecular weight is 246 g/mol. The number of rotatable bonds is 3. The summed E-state index contributed by atoms with van der Waals surface area (Å²) in [6, 6.07) is 8.05. The molecule has 3 nitrogen and oxygen atoms in total. The van der Waals surface area contributed by atoms with Gasteiger partial charge in [0.1, 0.15) is 0 Å². The van der Waals surface area contributed by atoms with Gasteiger partial charge in [-0.1, -0.05) is 12.1 Å². The van der Waals surface area contributed by atoms with Gasteiger partial charge in [-0.3, -0.25) is 4.79 Å². The molecule has 1 rings (SSSR count). The maximum absolute atomic E-state index is 11.6. The number of carbonyl (C=O) groups excluding carboxylic acids is 1. The monoisotopic (exact) mass is 246 g/mol. The molecular weight excluding hydrogens is 224 g/mol. The van der Waals surface area contributed by atoms with Gasteiger partial charge in [0.2, 0.25) is 5.91 Å². The molecule has 0 saturated heterocycles. The lowest BCUT2D eigenvalue weighted by Crippen LogP contribution is -2.39. The molecule has 1 amide bonds. The molecular formula is C15H22N2O. The summed E-state index contributed by atoms with van der Waals surface area (Å²) in [6.07, 6.45) is 3.39. The Hall–Kier alpha value is -1.77. The van der Waals surface area contributed by atoms with Crippen LogP contribution >= 0.6 is 0 Å². The Morgan fingerprint density at radius 3 is 2.17 bits per heavy atom. The number of carbonyl (C=O) groups is 1. The molecule has 0 heterocycles. The molecule has 0 bridgehead atoms. The number of nitrogens with one attached hydrogen (secondary N) is 1. The van der Waals surface area contributed by atoms with E-state index in [9.17, 15) is 4.79 Å². The first-order valence-corrected chi connectivity index (χ1v) is 6.05. The van der Waals surface area contributed by atoms with E-state index in [2.05, 4.69) is 5.32 Å². The van der Waals surface area contributed by atoms with E-state index in [0.29, 0.717) is 0 Å². The Kier molecular flexibility index (Phi) is 4.54. The van der Waals surface area contributed by atoms with Crippen LogP contribution in [0.5, 0.6) is 0 Å². The summed E-state index contributed by atoms with van der Waals surface area (Å²) < 4.78 is 0. The Balaban J connectivity index is 2.65. The molecule has 1 aromatic rings. The first-order chi connectivity index (χ1) is 8.28. The van der Waals surface area contributed by atoms with Crippen molar-refractivity contribution in [3.63, 3.8) is 0 Å². The van der Waals surface area contributed by atoms with Crippen molar-refractivity contribution >= 4 is 17.7 Å². The first-order valence-electron chi connectivity index (χ1n) is 6.05. The molecule has 1 aromatic carbocycles. The second-order valence-corrected chi connectivity index (χ2v) is 5.56. The smallest absolute Gasteiger partial charge is 0.244 e. The van der Waals surface area contributed by atoms with Crippen LogP contribution in [0.1, 0.15) is 26.3 Å². The van der Waals surface area contributed by atoms with Gasteiger partial charge in [-0.05, 0) is 44.5 Å². The molecule has 18 heavy (non-hydrogen) atoms. The summed E-state index contributed by atoms with van der Waals surface area (Å²) in [5.74, 6) is -0.0702. The van der Waals surface area contributed by atoms with Gasteiger partial charge in [-0.2, -0.15) is 0 Å². The van der Waals surface area contributed by atoms with Gasteiger partial charge in [0, 0.05) is 31.4 Å². The maximum atomic E-state index is 11.6. The zero-order chi connectivity index (χ0) is 13.8. The molecule has 1 N–H and O–H groups in total. The van der Waals surface area contributed by atoms with Crippen LogP contribution in [0.25, 0.3) is 6.08 Å². The van der Waals surface area contributed by atoms with E-state index in [1.807, 2.05) is 70.1 Å². The lowest BCUT2D eigenvalue weighted by molar-refractivity contribution is -0.117. The molecule has 0 aliphatic rings. The quantitative estimate of drug-likeness (QED) is 0.832. The van der Waals surface area contributed by atoms with Crippen molar-refractivity contribution in [2.24, 2.45) is 0 Å². The van der Waals surface area contributed by atoms with E-state index < -0.39 is 0 Å². The minimum absolute atomic E-state index is 0.0702. The van der Waals surface area contributed by atoms with Crippen molar-refractivity contribution in [1.29, 1.82) is 0 Å². The highest BCUT2D eigenvalue weighted by atomic mass is 16.1. The van der Waals surface area contributed by atoms with Gasteiger partial charge >= 0.3 is 0 Å². The van der Waals surface area contributed by atoms with Gasteiger partial charge in [0.05, 0.1) is 0 Å². The summed E-state index contributed by atoms with van der Waals surface area (Å²) in [5, 5.41) is 2.89. The van der Waals surface area contributed by atoms with Crippen molar-refractivity contribution in [2.75, 3.05) is 19.0 Å². The predicted molar refractivity (Wildman–Crippen MR) is 77.7 cm³/mol. The molecule has 98 valence electrons. The molecule has 0 atom stereocenters. The van der Waals surface area contributed by atoms with E-state index >= 15 is 0 Å². The standard InChI is InChI=1S/C15H22N2O/c1-15(2,3)16-14(18)11-8-12-6-9-13(10-7-12)17(4)5/h6-11H,1-5H3,(H,16,18). The Morgan fingerprint density at radius 2 is 1.72 bits per heavy atom. The van der Waals surface area contributed by atoms with Crippen molar-refractivity contribution < 1.29 is 4.79 Å². The zero-order valence-electron chi connectivity index (χ0n) is 11.8. The highest BCUT2D eigenvalue weighted by molar-refractivity contribution is 5.92. The second-order valence-electron chi connectivity index (χ2n) is 5.56. The van der Waals surface area contributed by atoms with E-state index in [0.717, 1.165) is 11.3 Å². The number of anilines is 1. The number of nitrogens with zero attached hydrogens (tertiary/aromatic N) is 1. The minimum Gasteiger partial charge on any atom is -0.378 e. The topological polar surface area (TPSA) is 32.3 Å². The van der Waals surface area contributed by atoms with Crippen molar-refractivity contribution in [2.45, 2.75) is 26.3 Å². The SMILES string of the molecule is CN(C)c1ccc(C=CC(=O)NC(C)(C)C)cc1. The largest absolute Gasteiger partial charge is 0.378 e. The van der Waals surface area contributed by atoms with E-state index in [4.69, 9.17) is 0 Å².